The summed E-state index contributed by atoms with van der Waals surface area (Å²) in [7, 11) is 3.82. The summed E-state index contributed by atoms with van der Waals surface area (Å²) in [4.78, 5) is 17.0. The Morgan fingerprint density at radius 2 is 2.19 bits per heavy atom. The van der Waals surface area contributed by atoms with E-state index in [9.17, 15) is 4.79 Å². The second-order valence-corrected chi connectivity index (χ2v) is 3.85. The molecule has 0 saturated heterocycles. The fourth-order valence-electron chi connectivity index (χ4n) is 1.66. The highest BCUT2D eigenvalue weighted by Crippen LogP contribution is 2.19. The third-order valence-electron chi connectivity index (χ3n) is 2.52. The van der Waals surface area contributed by atoms with E-state index in [4.69, 9.17) is 5.11 Å². The second-order valence-electron chi connectivity index (χ2n) is 3.85. The van der Waals surface area contributed by atoms with E-state index in [-0.39, 0.29) is 5.69 Å². The average molecular weight is 219 g/mol. The molecule has 1 N–H and O–H groups in total. The molecule has 0 aliphatic carbocycles. The molecular formula is C11H13N3O2. The van der Waals surface area contributed by atoms with E-state index in [1.807, 2.05) is 37.3 Å². The first-order chi connectivity index (χ1) is 7.50. The van der Waals surface area contributed by atoms with Gasteiger partial charge in [-0.15, -0.1) is 0 Å². The topological polar surface area (TPSA) is 57.8 Å². The molecule has 0 aliphatic rings. The van der Waals surface area contributed by atoms with Crippen LogP contribution in [-0.4, -0.2) is 34.6 Å². The van der Waals surface area contributed by atoms with Gasteiger partial charge in [-0.1, -0.05) is 0 Å². The maximum Gasteiger partial charge on any atom is 0.356 e. The zero-order valence-corrected chi connectivity index (χ0v) is 9.43. The van der Waals surface area contributed by atoms with Crippen LogP contribution in [0.4, 0.5) is 5.69 Å². The first kappa shape index (κ1) is 10.5. The molecule has 0 radical (unpaired) electrons. The molecule has 0 bridgehead atoms. The third-order valence-corrected chi connectivity index (χ3v) is 2.52. The van der Waals surface area contributed by atoms with Gasteiger partial charge in [0.1, 0.15) is 5.82 Å². The molecule has 2 rings (SSSR count). The van der Waals surface area contributed by atoms with Crippen LogP contribution in [0.5, 0.6) is 0 Å². The zero-order valence-electron chi connectivity index (χ0n) is 9.43. The molecule has 0 aromatic carbocycles. The Labute approximate surface area is 92.9 Å². The van der Waals surface area contributed by atoms with Crippen molar-refractivity contribution in [2.75, 3.05) is 19.0 Å². The Kier molecular flexibility index (Phi) is 2.30. The van der Waals surface area contributed by atoms with Crippen molar-refractivity contribution < 1.29 is 9.90 Å². The fraction of sp³-hybridized carbons (Fsp3) is 0.273. The van der Waals surface area contributed by atoms with Gasteiger partial charge in [-0.05, 0) is 19.1 Å². The van der Waals surface area contributed by atoms with Gasteiger partial charge in [0.2, 0.25) is 0 Å². The molecule has 0 saturated carbocycles. The minimum Gasteiger partial charge on any atom is -0.476 e. The maximum atomic E-state index is 11.0. The molecule has 0 fully saturated rings. The molecule has 16 heavy (non-hydrogen) atoms. The van der Waals surface area contributed by atoms with Crippen LogP contribution < -0.4 is 4.90 Å². The highest BCUT2D eigenvalue weighted by Gasteiger charge is 2.14. The molecule has 84 valence electrons. The summed E-state index contributed by atoms with van der Waals surface area (Å²) in [6.45, 7) is 1.79. The number of rotatable bonds is 2. The van der Waals surface area contributed by atoms with Crippen molar-refractivity contribution in [3.8, 4) is 0 Å². The lowest BCUT2D eigenvalue weighted by Gasteiger charge is -2.12. The third kappa shape index (κ3) is 1.50. The summed E-state index contributed by atoms with van der Waals surface area (Å²) in [5.74, 6) is -0.320. The van der Waals surface area contributed by atoms with E-state index in [0.29, 0.717) is 11.3 Å². The first-order valence-electron chi connectivity index (χ1n) is 4.90. The van der Waals surface area contributed by atoms with Crippen molar-refractivity contribution >= 4 is 17.2 Å². The van der Waals surface area contributed by atoms with Crippen LogP contribution in [0.3, 0.4) is 0 Å². The fourth-order valence-corrected chi connectivity index (χ4v) is 1.66. The van der Waals surface area contributed by atoms with Gasteiger partial charge >= 0.3 is 5.97 Å². The van der Waals surface area contributed by atoms with E-state index >= 15 is 0 Å². The Morgan fingerprint density at radius 3 is 2.75 bits per heavy atom. The molecular weight excluding hydrogens is 206 g/mol. The van der Waals surface area contributed by atoms with Gasteiger partial charge in [0.15, 0.2) is 5.69 Å². The van der Waals surface area contributed by atoms with Gasteiger partial charge in [-0.25, -0.2) is 9.78 Å². The molecule has 0 spiro atoms. The van der Waals surface area contributed by atoms with Crippen LogP contribution in [0, 0.1) is 6.92 Å². The summed E-state index contributed by atoms with van der Waals surface area (Å²) in [6, 6.07) is 3.75. The minimum absolute atomic E-state index is 0.0983. The van der Waals surface area contributed by atoms with Gasteiger partial charge in [-0.3, -0.25) is 0 Å². The van der Waals surface area contributed by atoms with Crippen molar-refractivity contribution in [1.29, 1.82) is 0 Å². The SMILES string of the molecule is Cc1nc(C(=O)O)c2cc(N(C)C)ccn12. The van der Waals surface area contributed by atoms with Crippen LogP contribution in [0.2, 0.25) is 0 Å². The van der Waals surface area contributed by atoms with Crippen molar-refractivity contribution in [1.82, 2.24) is 9.38 Å². The summed E-state index contributed by atoms with van der Waals surface area (Å²) < 4.78 is 1.77. The lowest BCUT2D eigenvalue weighted by atomic mass is 10.3. The van der Waals surface area contributed by atoms with E-state index in [1.54, 1.807) is 11.3 Å². The van der Waals surface area contributed by atoms with Crippen molar-refractivity contribution in [2.24, 2.45) is 0 Å². The summed E-state index contributed by atoms with van der Waals surface area (Å²) >= 11 is 0. The average Bonchev–Trinajstić information content (AvgIpc) is 2.56. The number of hydrogen-bond donors (Lipinski definition) is 1. The van der Waals surface area contributed by atoms with E-state index in [1.165, 1.54) is 0 Å². The van der Waals surface area contributed by atoms with Crippen LogP contribution in [0.15, 0.2) is 18.3 Å². The normalized spacial score (nSPS) is 10.7. The summed E-state index contributed by atoms with van der Waals surface area (Å²) in [5, 5.41) is 9.04. The van der Waals surface area contributed by atoms with Gasteiger partial charge in [0.05, 0.1) is 5.52 Å². The van der Waals surface area contributed by atoms with Gasteiger partial charge in [-0.2, -0.15) is 0 Å². The van der Waals surface area contributed by atoms with Gasteiger partial charge < -0.3 is 14.4 Å². The Balaban J connectivity index is 2.74. The number of hydrogen-bond acceptors (Lipinski definition) is 3. The number of carboxylic acid groups (broad SMARTS) is 1. The number of aromatic carboxylic acids is 1. The molecule has 2 aromatic heterocycles. The quantitative estimate of drug-likeness (QED) is 0.829. The van der Waals surface area contributed by atoms with Crippen LogP contribution in [0.1, 0.15) is 16.3 Å². The Morgan fingerprint density at radius 1 is 1.50 bits per heavy atom. The van der Waals surface area contributed by atoms with Crippen molar-refractivity contribution in [3.63, 3.8) is 0 Å². The van der Waals surface area contributed by atoms with Crippen molar-refractivity contribution in [3.05, 3.63) is 29.8 Å². The number of carboxylic acids is 1. The number of pyridine rings is 1. The number of fused-ring (bicyclic) bond motifs is 1. The highest BCUT2D eigenvalue weighted by molar-refractivity contribution is 5.94. The summed E-state index contributed by atoms with van der Waals surface area (Å²) in [6.07, 6.45) is 1.83. The van der Waals surface area contributed by atoms with Crippen molar-refractivity contribution in [2.45, 2.75) is 6.92 Å². The molecule has 0 unspecified atom stereocenters. The van der Waals surface area contributed by atoms with Crippen LogP contribution in [-0.2, 0) is 0 Å². The Bertz CT molecular complexity index is 558. The number of nitrogens with zero attached hydrogens (tertiary/aromatic N) is 3. The predicted octanol–water partition coefficient (Wildman–Crippen LogP) is 1.41. The maximum absolute atomic E-state index is 11.0. The lowest BCUT2D eigenvalue weighted by Crippen LogP contribution is -2.09. The lowest BCUT2D eigenvalue weighted by molar-refractivity contribution is 0.0693. The molecule has 0 aliphatic heterocycles. The number of aromatic nitrogens is 2. The molecule has 2 heterocycles. The van der Waals surface area contributed by atoms with E-state index in [0.717, 1.165) is 5.69 Å². The monoisotopic (exact) mass is 219 g/mol. The van der Waals surface area contributed by atoms with E-state index in [2.05, 4.69) is 4.98 Å². The zero-order chi connectivity index (χ0) is 11.9. The molecule has 0 atom stereocenters. The second kappa shape index (κ2) is 3.52. The largest absolute Gasteiger partial charge is 0.476 e. The van der Waals surface area contributed by atoms with E-state index < -0.39 is 5.97 Å². The standard InChI is InChI=1S/C11H13N3O2/c1-7-12-10(11(15)16)9-6-8(13(2)3)4-5-14(7)9/h4-6H,1-3H3,(H,15,16). The van der Waals surface area contributed by atoms with Gasteiger partial charge in [0.25, 0.3) is 0 Å². The van der Waals surface area contributed by atoms with Crippen LogP contribution in [0.25, 0.3) is 5.52 Å². The molecule has 5 heteroatoms. The minimum atomic E-state index is -0.999. The number of imidazole rings is 1. The summed E-state index contributed by atoms with van der Waals surface area (Å²) in [5.41, 5.74) is 1.67. The number of carbonyl (C=O) groups is 1. The smallest absolute Gasteiger partial charge is 0.356 e. The predicted molar refractivity (Wildman–Crippen MR) is 61.2 cm³/mol. The number of aryl methyl sites for hydroxylation is 1. The molecule has 0 amide bonds. The first-order valence-corrected chi connectivity index (χ1v) is 4.90. The van der Waals surface area contributed by atoms with Crippen LogP contribution >= 0.6 is 0 Å². The highest BCUT2D eigenvalue weighted by atomic mass is 16.4. The molecule has 2 aromatic rings. The molecule has 5 nitrogen and oxygen atoms in total. The number of anilines is 1. The Hall–Kier alpha value is -2.04. The van der Waals surface area contributed by atoms with Gasteiger partial charge in [0, 0.05) is 26.0 Å².